The van der Waals surface area contributed by atoms with Crippen molar-refractivity contribution >= 4 is 27.5 Å². The van der Waals surface area contributed by atoms with Crippen molar-refractivity contribution in [1.29, 1.82) is 0 Å². The Kier molecular flexibility index (Phi) is 4.11. The number of ether oxygens (including phenoxy) is 2. The summed E-state index contributed by atoms with van der Waals surface area (Å²) in [5.74, 6) is 1.44. The number of methoxy groups -OCH3 is 1. The molecule has 1 N–H and O–H groups in total. The highest BCUT2D eigenvalue weighted by Gasteiger charge is 2.28. The molecule has 2 atom stereocenters. The Morgan fingerprint density at radius 2 is 2.10 bits per heavy atom. The summed E-state index contributed by atoms with van der Waals surface area (Å²) in [6.45, 7) is 0. The fourth-order valence-electron chi connectivity index (χ4n) is 2.51. The monoisotopic (exact) mass is 368 g/mol. The highest BCUT2D eigenvalue weighted by molar-refractivity contribution is 9.10. The van der Waals surface area contributed by atoms with Gasteiger partial charge in [-0.05, 0) is 51.8 Å². The third-order valence-electron chi connectivity index (χ3n) is 3.59. The van der Waals surface area contributed by atoms with Crippen LogP contribution in [0.15, 0.2) is 40.9 Å². The van der Waals surface area contributed by atoms with E-state index in [0.29, 0.717) is 17.2 Å². The summed E-state index contributed by atoms with van der Waals surface area (Å²) < 4.78 is 12.1. The smallest absolute Gasteiger partial charge is 0.133 e. The van der Waals surface area contributed by atoms with Crippen molar-refractivity contribution in [3.63, 3.8) is 0 Å². The zero-order valence-electron chi connectivity index (χ0n) is 11.3. The molecule has 2 aromatic carbocycles. The minimum absolute atomic E-state index is 0.198. The summed E-state index contributed by atoms with van der Waals surface area (Å²) in [7, 11) is 1.63. The summed E-state index contributed by atoms with van der Waals surface area (Å²) in [6, 6.07) is 11.1. The van der Waals surface area contributed by atoms with Gasteiger partial charge in [-0.25, -0.2) is 0 Å². The second kappa shape index (κ2) is 5.87. The van der Waals surface area contributed by atoms with Crippen LogP contribution in [-0.2, 0) is 0 Å². The van der Waals surface area contributed by atoms with E-state index in [1.807, 2.05) is 18.2 Å². The Hall–Kier alpha value is -1.23. The Labute approximate surface area is 136 Å². The molecule has 1 aliphatic heterocycles. The number of aliphatic hydroxyl groups excluding tert-OH is 1. The van der Waals surface area contributed by atoms with Gasteiger partial charge in [-0.1, -0.05) is 17.7 Å². The van der Waals surface area contributed by atoms with Gasteiger partial charge in [0.1, 0.15) is 17.6 Å². The van der Waals surface area contributed by atoms with Gasteiger partial charge in [-0.2, -0.15) is 0 Å². The molecule has 1 heterocycles. The quantitative estimate of drug-likeness (QED) is 0.836. The fourth-order valence-corrected chi connectivity index (χ4v) is 3.24. The van der Waals surface area contributed by atoms with Crippen molar-refractivity contribution in [2.75, 3.05) is 7.11 Å². The van der Waals surface area contributed by atoms with Crippen LogP contribution in [0.1, 0.15) is 29.8 Å². The molecule has 0 aliphatic carbocycles. The van der Waals surface area contributed by atoms with Crippen LogP contribution in [0.4, 0.5) is 0 Å². The zero-order valence-corrected chi connectivity index (χ0v) is 13.7. The third-order valence-corrected chi connectivity index (χ3v) is 4.44. The van der Waals surface area contributed by atoms with Gasteiger partial charge >= 0.3 is 0 Å². The van der Waals surface area contributed by atoms with E-state index in [1.165, 1.54) is 0 Å². The van der Waals surface area contributed by atoms with Gasteiger partial charge < -0.3 is 14.6 Å². The van der Waals surface area contributed by atoms with Gasteiger partial charge in [0.15, 0.2) is 0 Å². The van der Waals surface area contributed by atoms with Crippen LogP contribution in [0, 0.1) is 0 Å². The summed E-state index contributed by atoms with van der Waals surface area (Å²) in [5, 5.41) is 10.9. The van der Waals surface area contributed by atoms with Gasteiger partial charge in [0.2, 0.25) is 0 Å². The van der Waals surface area contributed by atoms with Crippen LogP contribution in [0.3, 0.4) is 0 Å². The highest BCUT2D eigenvalue weighted by Crippen LogP contribution is 2.42. The lowest BCUT2D eigenvalue weighted by Crippen LogP contribution is -2.19. The zero-order chi connectivity index (χ0) is 15.0. The number of halogens is 2. The van der Waals surface area contributed by atoms with E-state index in [1.54, 1.807) is 25.3 Å². The SMILES string of the molecule is COc1ccc(C2C[C@H](O)c3cc(Cl)ccc3O2)cc1Br. The average molecular weight is 370 g/mol. The Morgan fingerprint density at radius 1 is 1.29 bits per heavy atom. The van der Waals surface area contributed by atoms with Crippen LogP contribution in [0.2, 0.25) is 5.02 Å². The van der Waals surface area contributed by atoms with E-state index < -0.39 is 6.10 Å². The number of hydrogen-bond donors (Lipinski definition) is 1. The Morgan fingerprint density at radius 3 is 2.81 bits per heavy atom. The minimum atomic E-state index is -0.585. The van der Waals surface area contributed by atoms with E-state index in [2.05, 4.69) is 15.9 Å². The first-order valence-electron chi connectivity index (χ1n) is 6.56. The lowest BCUT2D eigenvalue weighted by Gasteiger charge is -2.30. The third kappa shape index (κ3) is 2.89. The molecule has 3 nitrogen and oxygen atoms in total. The number of hydrogen-bond acceptors (Lipinski definition) is 3. The van der Waals surface area contributed by atoms with Crippen molar-refractivity contribution in [1.82, 2.24) is 0 Å². The first-order chi connectivity index (χ1) is 10.1. The second-order valence-electron chi connectivity index (χ2n) is 4.93. The summed E-state index contributed by atoms with van der Waals surface area (Å²) in [5.41, 5.74) is 1.73. The summed E-state index contributed by atoms with van der Waals surface area (Å²) in [6.07, 6.45) is -0.291. The molecule has 0 radical (unpaired) electrons. The van der Waals surface area contributed by atoms with E-state index in [9.17, 15) is 5.11 Å². The molecule has 1 aliphatic rings. The molecule has 0 saturated heterocycles. The van der Waals surface area contributed by atoms with E-state index in [-0.39, 0.29) is 6.10 Å². The minimum Gasteiger partial charge on any atom is -0.496 e. The molecule has 2 aromatic rings. The van der Waals surface area contributed by atoms with Crippen LogP contribution in [-0.4, -0.2) is 12.2 Å². The molecule has 110 valence electrons. The Bertz CT molecular complexity index is 675. The predicted octanol–water partition coefficient (Wildman–Crippen LogP) is 4.67. The molecular weight excluding hydrogens is 356 g/mol. The fraction of sp³-hybridized carbons (Fsp3) is 0.250. The van der Waals surface area contributed by atoms with Crippen LogP contribution in [0.5, 0.6) is 11.5 Å². The molecule has 0 amide bonds. The van der Waals surface area contributed by atoms with Crippen LogP contribution < -0.4 is 9.47 Å². The largest absolute Gasteiger partial charge is 0.496 e. The molecule has 0 aromatic heterocycles. The highest BCUT2D eigenvalue weighted by atomic mass is 79.9. The topological polar surface area (TPSA) is 38.7 Å². The Balaban J connectivity index is 1.92. The predicted molar refractivity (Wildman–Crippen MR) is 85.1 cm³/mol. The van der Waals surface area contributed by atoms with Crippen LogP contribution in [0.25, 0.3) is 0 Å². The molecular formula is C16H14BrClO3. The maximum absolute atomic E-state index is 10.3. The molecule has 1 unspecified atom stereocenters. The van der Waals surface area contributed by atoms with Crippen molar-refractivity contribution in [3.8, 4) is 11.5 Å². The molecule has 21 heavy (non-hydrogen) atoms. The molecule has 0 fully saturated rings. The molecule has 0 spiro atoms. The number of aliphatic hydroxyl groups is 1. The van der Waals surface area contributed by atoms with Crippen molar-refractivity contribution in [3.05, 3.63) is 57.0 Å². The lowest BCUT2D eigenvalue weighted by atomic mass is 9.95. The first-order valence-corrected chi connectivity index (χ1v) is 7.73. The average Bonchev–Trinajstić information content (AvgIpc) is 2.47. The lowest BCUT2D eigenvalue weighted by molar-refractivity contribution is 0.0657. The number of fused-ring (bicyclic) bond motifs is 1. The second-order valence-corrected chi connectivity index (χ2v) is 6.22. The van der Waals surface area contributed by atoms with Gasteiger partial charge in [0, 0.05) is 17.0 Å². The van der Waals surface area contributed by atoms with E-state index in [4.69, 9.17) is 21.1 Å². The van der Waals surface area contributed by atoms with Crippen LogP contribution >= 0.6 is 27.5 Å². The maximum atomic E-state index is 10.3. The summed E-state index contributed by atoms with van der Waals surface area (Å²) in [4.78, 5) is 0. The molecule has 0 bridgehead atoms. The normalized spacial score (nSPS) is 20.6. The van der Waals surface area contributed by atoms with E-state index in [0.717, 1.165) is 21.3 Å². The van der Waals surface area contributed by atoms with Gasteiger partial charge in [0.25, 0.3) is 0 Å². The molecule has 0 saturated carbocycles. The van der Waals surface area contributed by atoms with Gasteiger partial charge in [0.05, 0.1) is 17.7 Å². The van der Waals surface area contributed by atoms with Crippen molar-refractivity contribution < 1.29 is 14.6 Å². The van der Waals surface area contributed by atoms with Gasteiger partial charge in [-0.15, -0.1) is 0 Å². The molecule has 5 heteroatoms. The van der Waals surface area contributed by atoms with Gasteiger partial charge in [-0.3, -0.25) is 0 Å². The maximum Gasteiger partial charge on any atom is 0.133 e. The first kappa shape index (κ1) is 14.7. The number of rotatable bonds is 2. The standard InChI is InChI=1S/C16H14BrClO3/c1-20-15-4-2-9(6-12(15)17)16-8-13(19)11-7-10(18)3-5-14(11)21-16/h2-7,13,16,19H,8H2,1H3/t13-,16?/m0/s1. The molecule has 3 rings (SSSR count). The number of benzene rings is 2. The summed E-state index contributed by atoms with van der Waals surface area (Å²) >= 11 is 9.43. The van der Waals surface area contributed by atoms with Crippen molar-refractivity contribution in [2.24, 2.45) is 0 Å². The van der Waals surface area contributed by atoms with Crippen molar-refractivity contribution in [2.45, 2.75) is 18.6 Å². The van der Waals surface area contributed by atoms with E-state index >= 15 is 0 Å².